The highest BCUT2D eigenvalue weighted by Gasteiger charge is 2.08. The van der Waals surface area contributed by atoms with Gasteiger partial charge in [0.05, 0.1) is 13.2 Å². The van der Waals surface area contributed by atoms with E-state index in [2.05, 4.69) is 34.5 Å². The van der Waals surface area contributed by atoms with Gasteiger partial charge in [0, 0.05) is 19.1 Å². The Hall–Kier alpha value is -1.72. The van der Waals surface area contributed by atoms with Gasteiger partial charge in [-0.25, -0.2) is 0 Å². The van der Waals surface area contributed by atoms with Crippen LogP contribution in [-0.4, -0.2) is 29.4 Å². The zero-order chi connectivity index (χ0) is 14.2. The highest BCUT2D eigenvalue weighted by atomic mass is 16.5. The predicted molar refractivity (Wildman–Crippen MR) is 76.3 cm³/mol. The standard InChI is InChI=1S/C15H21N3O2/c1-3-19-11-12(2)16-10-15-17-14(18-20-15)9-13-7-5-4-6-8-13/h4-8,12,16H,3,9-11H2,1-2H3. The largest absolute Gasteiger partial charge is 0.380 e. The Morgan fingerprint density at radius 1 is 1.30 bits per heavy atom. The van der Waals surface area contributed by atoms with Gasteiger partial charge in [0.2, 0.25) is 5.89 Å². The van der Waals surface area contributed by atoms with E-state index < -0.39 is 0 Å². The minimum atomic E-state index is 0.263. The highest BCUT2D eigenvalue weighted by molar-refractivity contribution is 5.18. The van der Waals surface area contributed by atoms with E-state index >= 15 is 0 Å². The Labute approximate surface area is 119 Å². The van der Waals surface area contributed by atoms with E-state index in [1.165, 1.54) is 5.56 Å². The molecule has 20 heavy (non-hydrogen) atoms. The molecule has 5 heteroatoms. The van der Waals surface area contributed by atoms with Gasteiger partial charge in [-0.2, -0.15) is 4.98 Å². The van der Waals surface area contributed by atoms with Crippen molar-refractivity contribution < 1.29 is 9.26 Å². The maximum Gasteiger partial charge on any atom is 0.240 e. The molecule has 0 aliphatic rings. The fourth-order valence-corrected chi connectivity index (χ4v) is 1.83. The SMILES string of the molecule is CCOCC(C)NCc1nc(Cc2ccccc2)no1. The van der Waals surface area contributed by atoms with Crippen LogP contribution in [0, 0.1) is 0 Å². The normalized spacial score (nSPS) is 12.5. The summed E-state index contributed by atoms with van der Waals surface area (Å²) in [4.78, 5) is 4.38. The van der Waals surface area contributed by atoms with Gasteiger partial charge in [0.15, 0.2) is 5.82 Å². The van der Waals surface area contributed by atoms with Gasteiger partial charge >= 0.3 is 0 Å². The first-order valence-corrected chi connectivity index (χ1v) is 6.94. The van der Waals surface area contributed by atoms with Gasteiger partial charge in [-0.3, -0.25) is 0 Å². The van der Waals surface area contributed by atoms with Crippen LogP contribution < -0.4 is 5.32 Å². The molecule has 0 amide bonds. The monoisotopic (exact) mass is 275 g/mol. The van der Waals surface area contributed by atoms with Crippen molar-refractivity contribution >= 4 is 0 Å². The molecule has 1 heterocycles. The van der Waals surface area contributed by atoms with E-state index in [4.69, 9.17) is 9.26 Å². The smallest absolute Gasteiger partial charge is 0.240 e. The van der Waals surface area contributed by atoms with Gasteiger partial charge in [-0.05, 0) is 19.4 Å². The Morgan fingerprint density at radius 3 is 2.85 bits per heavy atom. The van der Waals surface area contributed by atoms with Crippen molar-refractivity contribution in [2.45, 2.75) is 32.9 Å². The summed E-state index contributed by atoms with van der Waals surface area (Å²) >= 11 is 0. The van der Waals surface area contributed by atoms with E-state index in [-0.39, 0.29) is 6.04 Å². The summed E-state index contributed by atoms with van der Waals surface area (Å²) in [7, 11) is 0. The first kappa shape index (κ1) is 14.7. The van der Waals surface area contributed by atoms with Crippen molar-refractivity contribution in [3.05, 3.63) is 47.6 Å². The second-order valence-corrected chi connectivity index (χ2v) is 4.71. The van der Waals surface area contributed by atoms with Crippen LogP contribution in [0.4, 0.5) is 0 Å². The number of ether oxygens (including phenoxy) is 1. The van der Waals surface area contributed by atoms with Crippen molar-refractivity contribution in [3.63, 3.8) is 0 Å². The number of rotatable bonds is 8. The molecule has 0 aliphatic heterocycles. The Bertz CT molecular complexity index is 499. The summed E-state index contributed by atoms with van der Waals surface area (Å²) in [6.07, 6.45) is 0.693. The summed E-state index contributed by atoms with van der Waals surface area (Å²) in [6, 6.07) is 10.4. The van der Waals surface area contributed by atoms with Crippen LogP contribution in [-0.2, 0) is 17.7 Å². The van der Waals surface area contributed by atoms with Crippen LogP contribution >= 0.6 is 0 Å². The molecule has 2 rings (SSSR count). The summed E-state index contributed by atoms with van der Waals surface area (Å²) < 4.78 is 10.6. The zero-order valence-electron chi connectivity index (χ0n) is 12.0. The minimum absolute atomic E-state index is 0.263. The summed E-state index contributed by atoms with van der Waals surface area (Å²) in [5.74, 6) is 1.32. The fourth-order valence-electron chi connectivity index (χ4n) is 1.83. The highest BCUT2D eigenvalue weighted by Crippen LogP contribution is 2.06. The third-order valence-electron chi connectivity index (χ3n) is 2.89. The number of nitrogens with zero attached hydrogens (tertiary/aromatic N) is 2. The lowest BCUT2D eigenvalue weighted by atomic mass is 10.1. The molecule has 0 saturated carbocycles. The first-order valence-electron chi connectivity index (χ1n) is 6.94. The molecule has 1 aromatic heterocycles. The lowest BCUT2D eigenvalue weighted by molar-refractivity contribution is 0.126. The zero-order valence-corrected chi connectivity index (χ0v) is 12.0. The van der Waals surface area contributed by atoms with Gasteiger partial charge in [0.25, 0.3) is 0 Å². The molecule has 0 spiro atoms. The Kier molecular flexibility index (Phi) is 5.70. The fraction of sp³-hybridized carbons (Fsp3) is 0.467. The van der Waals surface area contributed by atoms with Crippen LogP contribution in [0.2, 0.25) is 0 Å². The topological polar surface area (TPSA) is 60.2 Å². The second kappa shape index (κ2) is 7.77. The van der Waals surface area contributed by atoms with Crippen LogP contribution in [0.25, 0.3) is 0 Å². The molecule has 0 radical (unpaired) electrons. The van der Waals surface area contributed by atoms with E-state index in [0.29, 0.717) is 31.3 Å². The molecule has 0 bridgehead atoms. The number of hydrogen-bond donors (Lipinski definition) is 1. The molecule has 0 saturated heterocycles. The summed E-state index contributed by atoms with van der Waals surface area (Å²) in [5.41, 5.74) is 1.18. The minimum Gasteiger partial charge on any atom is -0.380 e. The molecule has 1 aromatic carbocycles. The van der Waals surface area contributed by atoms with Crippen molar-refractivity contribution in [1.29, 1.82) is 0 Å². The van der Waals surface area contributed by atoms with Crippen molar-refractivity contribution in [2.24, 2.45) is 0 Å². The second-order valence-electron chi connectivity index (χ2n) is 4.71. The molecule has 2 aromatic rings. The van der Waals surface area contributed by atoms with Crippen LogP contribution in [0.1, 0.15) is 31.1 Å². The third-order valence-corrected chi connectivity index (χ3v) is 2.89. The average Bonchev–Trinajstić information content (AvgIpc) is 2.91. The molecule has 5 nitrogen and oxygen atoms in total. The van der Waals surface area contributed by atoms with Gasteiger partial charge < -0.3 is 14.6 Å². The van der Waals surface area contributed by atoms with Gasteiger partial charge in [0.1, 0.15) is 0 Å². The number of aromatic nitrogens is 2. The maximum atomic E-state index is 5.34. The van der Waals surface area contributed by atoms with E-state index in [0.717, 1.165) is 6.61 Å². The molecule has 0 fully saturated rings. The van der Waals surface area contributed by atoms with Crippen molar-refractivity contribution in [1.82, 2.24) is 15.5 Å². The van der Waals surface area contributed by atoms with Crippen molar-refractivity contribution in [3.8, 4) is 0 Å². The lowest BCUT2D eigenvalue weighted by Gasteiger charge is -2.11. The van der Waals surface area contributed by atoms with Crippen LogP contribution in [0.3, 0.4) is 0 Å². The molecule has 0 aliphatic carbocycles. The molecular weight excluding hydrogens is 254 g/mol. The van der Waals surface area contributed by atoms with Gasteiger partial charge in [-0.1, -0.05) is 35.5 Å². The number of benzene rings is 1. The summed E-state index contributed by atoms with van der Waals surface area (Å²) in [6.45, 7) is 6.03. The first-order chi connectivity index (χ1) is 9.78. The number of hydrogen-bond acceptors (Lipinski definition) is 5. The third kappa shape index (κ3) is 4.75. The Balaban J connectivity index is 1.80. The Morgan fingerprint density at radius 2 is 2.10 bits per heavy atom. The predicted octanol–water partition coefficient (Wildman–Crippen LogP) is 2.17. The van der Waals surface area contributed by atoms with E-state index in [1.807, 2.05) is 25.1 Å². The molecule has 1 unspecified atom stereocenters. The maximum absolute atomic E-state index is 5.34. The van der Waals surface area contributed by atoms with Crippen molar-refractivity contribution in [2.75, 3.05) is 13.2 Å². The lowest BCUT2D eigenvalue weighted by Crippen LogP contribution is -2.30. The molecule has 108 valence electrons. The molecule has 1 N–H and O–H groups in total. The quantitative estimate of drug-likeness (QED) is 0.800. The summed E-state index contributed by atoms with van der Waals surface area (Å²) in [5, 5.41) is 7.28. The molecular formula is C15H21N3O2. The number of nitrogens with one attached hydrogen (secondary N) is 1. The molecule has 1 atom stereocenters. The average molecular weight is 275 g/mol. The van der Waals surface area contributed by atoms with E-state index in [9.17, 15) is 0 Å². The van der Waals surface area contributed by atoms with Gasteiger partial charge in [-0.15, -0.1) is 0 Å². The van der Waals surface area contributed by atoms with E-state index in [1.54, 1.807) is 0 Å². The van der Waals surface area contributed by atoms with Crippen LogP contribution in [0.5, 0.6) is 0 Å². The van der Waals surface area contributed by atoms with Crippen LogP contribution in [0.15, 0.2) is 34.9 Å².